The van der Waals surface area contributed by atoms with Gasteiger partial charge in [0.25, 0.3) is 0 Å². The number of hydrogen-bond donors (Lipinski definition) is 1. The number of carbonyl (C=O) groups excluding carboxylic acids is 1. The maximum Gasteiger partial charge on any atom is 0.339 e. The van der Waals surface area contributed by atoms with Gasteiger partial charge in [0.15, 0.2) is 0 Å². The van der Waals surface area contributed by atoms with E-state index in [1.165, 1.54) is 18.9 Å². The third-order valence-electron chi connectivity index (χ3n) is 1.75. The van der Waals surface area contributed by atoms with Crippen LogP contribution in [0.2, 0.25) is 0 Å². The number of methoxy groups -OCH3 is 1. The van der Waals surface area contributed by atoms with E-state index >= 15 is 0 Å². The lowest BCUT2D eigenvalue weighted by molar-refractivity contribution is 0.0602. The van der Waals surface area contributed by atoms with E-state index in [-0.39, 0.29) is 5.97 Å². The van der Waals surface area contributed by atoms with Crippen LogP contribution in [0.5, 0.6) is 0 Å². The summed E-state index contributed by atoms with van der Waals surface area (Å²) < 4.78 is 5.28. The maximum atomic E-state index is 11.4. The van der Waals surface area contributed by atoms with Gasteiger partial charge in [0, 0.05) is 0 Å². The van der Waals surface area contributed by atoms with E-state index in [2.05, 4.69) is 10.1 Å². The summed E-state index contributed by atoms with van der Waals surface area (Å²) in [7, 11) is 1.35. The molecule has 1 aromatic carbocycles. The van der Waals surface area contributed by atoms with Crippen molar-refractivity contribution in [3.05, 3.63) is 29.8 Å². The molecule has 0 amide bonds. The van der Waals surface area contributed by atoms with Gasteiger partial charge in [-0.3, -0.25) is 0 Å². The molecule has 0 aromatic heterocycles. The number of ether oxygens (including phenoxy) is 1. The third kappa shape index (κ3) is 3.21. The van der Waals surface area contributed by atoms with Crippen molar-refractivity contribution in [2.75, 3.05) is 18.7 Å². The lowest BCUT2D eigenvalue weighted by atomic mass is 10.2. The monoisotopic (exact) mass is 241 g/mol. The van der Waals surface area contributed by atoms with Crippen molar-refractivity contribution >= 4 is 40.0 Å². The van der Waals surface area contributed by atoms with Gasteiger partial charge < -0.3 is 10.1 Å². The number of hydrogen-bond acceptors (Lipinski definition) is 4. The van der Waals surface area contributed by atoms with E-state index in [4.69, 9.17) is 12.2 Å². The smallest absolute Gasteiger partial charge is 0.339 e. The van der Waals surface area contributed by atoms with Gasteiger partial charge in [-0.25, -0.2) is 4.79 Å². The quantitative estimate of drug-likeness (QED) is 0.636. The van der Waals surface area contributed by atoms with Gasteiger partial charge in [-0.2, -0.15) is 0 Å². The Kier molecular flexibility index (Phi) is 4.58. The van der Waals surface area contributed by atoms with Crippen LogP contribution in [0.25, 0.3) is 0 Å². The van der Waals surface area contributed by atoms with Crippen molar-refractivity contribution in [1.82, 2.24) is 0 Å². The highest BCUT2D eigenvalue weighted by Crippen LogP contribution is 2.17. The minimum absolute atomic E-state index is 0.373. The summed E-state index contributed by atoms with van der Waals surface area (Å²) in [4.78, 5) is 11.4. The third-order valence-corrected chi connectivity index (χ3v) is 2.83. The first-order valence-electron chi connectivity index (χ1n) is 4.21. The number of benzene rings is 1. The number of esters is 1. The van der Waals surface area contributed by atoms with Crippen LogP contribution in [0, 0.1) is 0 Å². The molecule has 0 radical (unpaired) electrons. The van der Waals surface area contributed by atoms with Crippen LogP contribution in [0.15, 0.2) is 24.3 Å². The van der Waals surface area contributed by atoms with Gasteiger partial charge in [-0.1, -0.05) is 24.4 Å². The molecular formula is C10H11NO2S2. The van der Waals surface area contributed by atoms with E-state index in [9.17, 15) is 4.79 Å². The molecule has 0 bridgehead atoms. The molecule has 0 spiro atoms. The number of nitrogens with one attached hydrogen (secondary N) is 1. The van der Waals surface area contributed by atoms with E-state index in [0.717, 1.165) is 0 Å². The maximum absolute atomic E-state index is 11.4. The first-order valence-corrected chi connectivity index (χ1v) is 5.84. The average molecular weight is 241 g/mol. The molecular weight excluding hydrogens is 230 g/mol. The van der Waals surface area contributed by atoms with Gasteiger partial charge in [0.2, 0.25) is 0 Å². The second-order valence-corrected chi connectivity index (χ2v) is 4.14. The van der Waals surface area contributed by atoms with Crippen LogP contribution in [0.4, 0.5) is 5.69 Å². The fourth-order valence-electron chi connectivity index (χ4n) is 1.04. The Labute approximate surface area is 98.2 Å². The van der Waals surface area contributed by atoms with Crippen LogP contribution >= 0.6 is 24.0 Å². The SMILES string of the molecule is COC(=O)c1ccccc1NC(=S)SC. The fraction of sp³-hybridized carbons (Fsp3) is 0.200. The van der Waals surface area contributed by atoms with Crippen LogP contribution in [-0.4, -0.2) is 23.7 Å². The number of carbonyl (C=O) groups is 1. The number of thioether (sulfide) groups is 1. The zero-order valence-corrected chi connectivity index (χ0v) is 10.1. The molecule has 0 fully saturated rings. The minimum atomic E-state index is -0.373. The van der Waals surface area contributed by atoms with Crippen molar-refractivity contribution in [3.8, 4) is 0 Å². The van der Waals surface area contributed by atoms with Crippen LogP contribution < -0.4 is 5.32 Å². The van der Waals surface area contributed by atoms with Crippen molar-refractivity contribution in [3.63, 3.8) is 0 Å². The molecule has 0 saturated heterocycles. The second kappa shape index (κ2) is 5.72. The zero-order chi connectivity index (χ0) is 11.3. The summed E-state index contributed by atoms with van der Waals surface area (Å²) in [5.41, 5.74) is 1.15. The van der Waals surface area contributed by atoms with E-state index in [1.54, 1.807) is 18.2 Å². The molecule has 0 aliphatic carbocycles. The molecule has 0 aliphatic heterocycles. The van der Waals surface area contributed by atoms with Gasteiger partial charge in [-0.15, -0.1) is 11.8 Å². The summed E-state index contributed by atoms with van der Waals surface area (Å²) in [5.74, 6) is -0.373. The summed E-state index contributed by atoms with van der Waals surface area (Å²) in [6, 6.07) is 7.09. The molecule has 0 heterocycles. The standard InChI is InChI=1S/C10H11NO2S2/c1-13-9(12)7-5-3-4-6-8(7)11-10(14)15-2/h3-6H,1-2H3,(H,11,14). The predicted molar refractivity (Wildman–Crippen MR) is 67.5 cm³/mol. The average Bonchev–Trinajstić information content (AvgIpc) is 2.28. The Morgan fingerprint density at radius 1 is 1.47 bits per heavy atom. The highest BCUT2D eigenvalue weighted by Gasteiger charge is 2.11. The van der Waals surface area contributed by atoms with Crippen molar-refractivity contribution in [1.29, 1.82) is 0 Å². The molecule has 0 unspecified atom stereocenters. The van der Waals surface area contributed by atoms with Crippen LogP contribution in [0.1, 0.15) is 10.4 Å². The number of para-hydroxylation sites is 1. The molecule has 0 saturated carbocycles. The molecule has 3 nitrogen and oxygen atoms in total. The lowest BCUT2D eigenvalue weighted by Gasteiger charge is -2.09. The molecule has 1 aromatic rings. The van der Waals surface area contributed by atoms with Gasteiger partial charge in [0.1, 0.15) is 4.32 Å². The first-order chi connectivity index (χ1) is 7.19. The van der Waals surface area contributed by atoms with Crippen molar-refractivity contribution in [2.45, 2.75) is 0 Å². The topological polar surface area (TPSA) is 38.3 Å². The second-order valence-electron chi connectivity index (χ2n) is 2.65. The minimum Gasteiger partial charge on any atom is -0.465 e. The van der Waals surface area contributed by atoms with Crippen LogP contribution in [-0.2, 0) is 4.74 Å². The van der Waals surface area contributed by atoms with Crippen molar-refractivity contribution < 1.29 is 9.53 Å². The number of rotatable bonds is 2. The Morgan fingerprint density at radius 2 is 2.13 bits per heavy atom. The Hall–Kier alpha value is -1.07. The summed E-state index contributed by atoms with van der Waals surface area (Å²) in [6.07, 6.45) is 1.87. The number of anilines is 1. The Morgan fingerprint density at radius 3 is 2.73 bits per heavy atom. The van der Waals surface area contributed by atoms with Crippen molar-refractivity contribution in [2.24, 2.45) is 0 Å². The highest BCUT2D eigenvalue weighted by molar-refractivity contribution is 8.22. The van der Waals surface area contributed by atoms with E-state index in [0.29, 0.717) is 15.6 Å². The van der Waals surface area contributed by atoms with Gasteiger partial charge in [0.05, 0.1) is 18.4 Å². The highest BCUT2D eigenvalue weighted by atomic mass is 32.2. The molecule has 0 aliphatic rings. The fourth-order valence-corrected chi connectivity index (χ4v) is 1.36. The summed E-state index contributed by atoms with van der Waals surface area (Å²) >= 11 is 6.44. The molecule has 1 rings (SSSR count). The summed E-state index contributed by atoms with van der Waals surface area (Å²) in [6.45, 7) is 0. The summed E-state index contributed by atoms with van der Waals surface area (Å²) in [5, 5.41) is 2.97. The Bertz CT molecular complexity index is 379. The molecule has 0 atom stereocenters. The molecule has 5 heteroatoms. The number of thiocarbonyl (C=S) groups is 1. The molecule has 80 valence electrons. The largest absolute Gasteiger partial charge is 0.465 e. The molecule has 15 heavy (non-hydrogen) atoms. The van der Waals surface area contributed by atoms with Gasteiger partial charge >= 0.3 is 5.97 Å². The van der Waals surface area contributed by atoms with E-state index < -0.39 is 0 Å². The van der Waals surface area contributed by atoms with Crippen LogP contribution in [0.3, 0.4) is 0 Å². The first kappa shape index (κ1) is 12.0. The lowest BCUT2D eigenvalue weighted by Crippen LogP contribution is -2.10. The molecule has 1 N–H and O–H groups in total. The predicted octanol–water partition coefficient (Wildman–Crippen LogP) is 2.53. The van der Waals surface area contributed by atoms with E-state index in [1.807, 2.05) is 12.3 Å². The zero-order valence-electron chi connectivity index (χ0n) is 8.44. The van der Waals surface area contributed by atoms with Gasteiger partial charge in [-0.05, 0) is 18.4 Å². The normalized spacial score (nSPS) is 9.47. The Balaban J connectivity index is 2.96.